The van der Waals surface area contributed by atoms with Crippen molar-refractivity contribution in [1.82, 2.24) is 16.0 Å². The molecule has 4 N–H and O–H groups in total. The average molecular weight is 243 g/mol. The van der Waals surface area contributed by atoms with Crippen LogP contribution in [-0.4, -0.2) is 42.6 Å². The SMILES string of the molecule is CNC(=O)NC(=O)CCNC(C(=O)O)C1CC1. The molecule has 1 aliphatic rings. The zero-order valence-corrected chi connectivity index (χ0v) is 9.66. The highest BCUT2D eigenvalue weighted by Gasteiger charge is 2.35. The third-order valence-electron chi connectivity index (χ3n) is 2.56. The summed E-state index contributed by atoms with van der Waals surface area (Å²) < 4.78 is 0. The van der Waals surface area contributed by atoms with Crippen molar-refractivity contribution in [2.24, 2.45) is 5.92 Å². The number of hydrogen-bond donors (Lipinski definition) is 4. The van der Waals surface area contributed by atoms with Gasteiger partial charge in [0.1, 0.15) is 6.04 Å². The van der Waals surface area contributed by atoms with Crippen LogP contribution in [0.15, 0.2) is 0 Å². The van der Waals surface area contributed by atoms with Crippen molar-refractivity contribution >= 4 is 17.9 Å². The summed E-state index contributed by atoms with van der Waals surface area (Å²) in [6.07, 6.45) is 1.90. The lowest BCUT2D eigenvalue weighted by molar-refractivity contribution is -0.140. The molecule has 0 bridgehead atoms. The molecule has 1 atom stereocenters. The zero-order chi connectivity index (χ0) is 12.8. The van der Waals surface area contributed by atoms with Crippen molar-refractivity contribution in [3.05, 3.63) is 0 Å². The summed E-state index contributed by atoms with van der Waals surface area (Å²) in [5, 5.41) is 16.1. The highest BCUT2D eigenvalue weighted by Crippen LogP contribution is 2.32. The Balaban J connectivity index is 2.19. The molecule has 96 valence electrons. The molecule has 0 saturated heterocycles. The second-order valence-corrected chi connectivity index (χ2v) is 3.98. The lowest BCUT2D eigenvalue weighted by atomic mass is 10.2. The number of aliphatic carboxylic acids is 1. The van der Waals surface area contributed by atoms with Crippen molar-refractivity contribution in [3.63, 3.8) is 0 Å². The van der Waals surface area contributed by atoms with Crippen molar-refractivity contribution in [3.8, 4) is 0 Å². The fourth-order valence-electron chi connectivity index (χ4n) is 1.48. The van der Waals surface area contributed by atoms with Crippen LogP contribution < -0.4 is 16.0 Å². The second kappa shape index (κ2) is 6.19. The monoisotopic (exact) mass is 243 g/mol. The molecule has 3 amide bonds. The van der Waals surface area contributed by atoms with E-state index in [-0.39, 0.29) is 18.9 Å². The van der Waals surface area contributed by atoms with Gasteiger partial charge in [0, 0.05) is 20.0 Å². The van der Waals surface area contributed by atoms with E-state index in [9.17, 15) is 14.4 Å². The van der Waals surface area contributed by atoms with Crippen LogP contribution in [0.3, 0.4) is 0 Å². The number of carboxylic acids is 1. The lowest BCUT2D eigenvalue weighted by Gasteiger charge is -2.12. The van der Waals surface area contributed by atoms with Gasteiger partial charge in [0.15, 0.2) is 0 Å². The molecule has 1 aliphatic carbocycles. The molecular weight excluding hydrogens is 226 g/mol. The van der Waals surface area contributed by atoms with E-state index in [1.54, 1.807) is 0 Å². The Kier molecular flexibility index (Phi) is 4.89. The van der Waals surface area contributed by atoms with Crippen LogP contribution in [0.1, 0.15) is 19.3 Å². The fraction of sp³-hybridized carbons (Fsp3) is 0.700. The molecule has 0 aromatic carbocycles. The number of imide groups is 1. The molecule has 1 fully saturated rings. The zero-order valence-electron chi connectivity index (χ0n) is 9.66. The van der Waals surface area contributed by atoms with Crippen LogP contribution in [-0.2, 0) is 9.59 Å². The number of rotatable bonds is 6. The highest BCUT2D eigenvalue weighted by molar-refractivity contribution is 5.94. The molecule has 7 nitrogen and oxygen atoms in total. The van der Waals surface area contributed by atoms with Crippen molar-refractivity contribution in [2.75, 3.05) is 13.6 Å². The first-order valence-electron chi connectivity index (χ1n) is 5.52. The standard InChI is InChI=1S/C10H17N3O4/c1-11-10(17)13-7(14)4-5-12-8(9(15)16)6-2-3-6/h6,8,12H,2-5H2,1H3,(H,15,16)(H2,11,13,14,17). The van der Waals surface area contributed by atoms with E-state index in [4.69, 9.17) is 5.11 Å². The summed E-state index contributed by atoms with van der Waals surface area (Å²) in [6.45, 7) is 0.246. The predicted molar refractivity (Wildman–Crippen MR) is 59.4 cm³/mol. The molecule has 0 spiro atoms. The third-order valence-corrected chi connectivity index (χ3v) is 2.56. The smallest absolute Gasteiger partial charge is 0.321 e. The molecule has 0 radical (unpaired) electrons. The number of carbonyl (C=O) groups is 3. The summed E-state index contributed by atoms with van der Waals surface area (Å²) in [4.78, 5) is 32.8. The maximum atomic E-state index is 11.2. The van der Waals surface area contributed by atoms with Crippen LogP contribution >= 0.6 is 0 Å². The Bertz CT molecular complexity index is 315. The maximum absolute atomic E-state index is 11.2. The average Bonchev–Trinajstić information content (AvgIpc) is 3.07. The number of nitrogens with one attached hydrogen (secondary N) is 3. The molecule has 17 heavy (non-hydrogen) atoms. The van der Waals surface area contributed by atoms with Gasteiger partial charge in [0.05, 0.1) is 0 Å². The molecular formula is C10H17N3O4. The Labute approximate surface area is 98.9 Å². The van der Waals surface area contributed by atoms with Crippen molar-refractivity contribution < 1.29 is 19.5 Å². The molecule has 7 heteroatoms. The van der Waals surface area contributed by atoms with Crippen LogP contribution in [0.2, 0.25) is 0 Å². The van der Waals surface area contributed by atoms with Gasteiger partial charge in [0.2, 0.25) is 5.91 Å². The van der Waals surface area contributed by atoms with Gasteiger partial charge in [-0.05, 0) is 18.8 Å². The van der Waals surface area contributed by atoms with E-state index in [1.807, 2.05) is 0 Å². The molecule has 0 aromatic rings. The van der Waals surface area contributed by atoms with Crippen LogP contribution in [0, 0.1) is 5.92 Å². The van der Waals surface area contributed by atoms with E-state index in [1.165, 1.54) is 7.05 Å². The van der Waals surface area contributed by atoms with Gasteiger partial charge in [0.25, 0.3) is 0 Å². The summed E-state index contributed by atoms with van der Waals surface area (Å²) in [7, 11) is 1.41. The maximum Gasteiger partial charge on any atom is 0.321 e. The minimum atomic E-state index is -0.890. The Morgan fingerprint density at radius 2 is 2.00 bits per heavy atom. The topological polar surface area (TPSA) is 108 Å². The number of carboxylic acid groups (broad SMARTS) is 1. The van der Waals surface area contributed by atoms with Gasteiger partial charge in [-0.15, -0.1) is 0 Å². The molecule has 1 unspecified atom stereocenters. The minimum Gasteiger partial charge on any atom is -0.480 e. The van der Waals surface area contributed by atoms with Gasteiger partial charge in [-0.2, -0.15) is 0 Å². The Hall–Kier alpha value is -1.63. The molecule has 0 aliphatic heterocycles. The number of amides is 3. The van der Waals surface area contributed by atoms with Crippen molar-refractivity contribution in [1.29, 1.82) is 0 Å². The number of hydrogen-bond acceptors (Lipinski definition) is 4. The summed E-state index contributed by atoms with van der Waals surface area (Å²) in [5.41, 5.74) is 0. The molecule has 0 aromatic heterocycles. The highest BCUT2D eigenvalue weighted by atomic mass is 16.4. The quantitative estimate of drug-likeness (QED) is 0.492. The van der Waals surface area contributed by atoms with E-state index in [2.05, 4.69) is 16.0 Å². The largest absolute Gasteiger partial charge is 0.480 e. The predicted octanol–water partition coefficient (Wildman–Crippen LogP) is -0.715. The number of carbonyl (C=O) groups excluding carboxylic acids is 2. The first kappa shape index (κ1) is 13.4. The first-order valence-corrected chi connectivity index (χ1v) is 5.52. The summed E-state index contributed by atoms with van der Waals surface area (Å²) >= 11 is 0. The summed E-state index contributed by atoms with van der Waals surface area (Å²) in [6, 6.07) is -1.14. The summed E-state index contributed by atoms with van der Waals surface area (Å²) in [5.74, 6) is -1.15. The van der Waals surface area contributed by atoms with Crippen molar-refractivity contribution in [2.45, 2.75) is 25.3 Å². The van der Waals surface area contributed by atoms with Gasteiger partial charge in [-0.25, -0.2) is 4.79 Å². The first-order chi connectivity index (χ1) is 8.04. The van der Waals surface area contributed by atoms with Gasteiger partial charge >= 0.3 is 12.0 Å². The molecule has 1 saturated carbocycles. The van der Waals surface area contributed by atoms with Gasteiger partial charge in [-0.1, -0.05) is 0 Å². The Morgan fingerprint density at radius 1 is 1.35 bits per heavy atom. The van der Waals surface area contributed by atoms with Gasteiger partial charge < -0.3 is 15.7 Å². The molecule has 0 heterocycles. The van der Waals surface area contributed by atoms with Crippen LogP contribution in [0.25, 0.3) is 0 Å². The van der Waals surface area contributed by atoms with Crippen LogP contribution in [0.5, 0.6) is 0 Å². The fourth-order valence-corrected chi connectivity index (χ4v) is 1.48. The lowest BCUT2D eigenvalue weighted by Crippen LogP contribution is -2.42. The number of urea groups is 1. The second-order valence-electron chi connectivity index (χ2n) is 3.98. The molecule has 1 rings (SSSR count). The van der Waals surface area contributed by atoms with E-state index in [0.717, 1.165) is 12.8 Å². The third kappa shape index (κ3) is 4.81. The van der Waals surface area contributed by atoms with E-state index >= 15 is 0 Å². The van der Waals surface area contributed by atoms with E-state index < -0.39 is 23.9 Å². The van der Waals surface area contributed by atoms with Crippen LogP contribution in [0.4, 0.5) is 4.79 Å². The Morgan fingerprint density at radius 3 is 2.47 bits per heavy atom. The minimum absolute atomic E-state index is 0.0733. The normalized spacial score (nSPS) is 16.1. The van der Waals surface area contributed by atoms with E-state index in [0.29, 0.717) is 0 Å². The van der Waals surface area contributed by atoms with Gasteiger partial charge in [-0.3, -0.25) is 14.9 Å².